The van der Waals surface area contributed by atoms with Gasteiger partial charge in [0.1, 0.15) is 17.3 Å². The van der Waals surface area contributed by atoms with Gasteiger partial charge < -0.3 is 14.6 Å². The van der Waals surface area contributed by atoms with Crippen molar-refractivity contribution in [3.05, 3.63) is 99.6 Å². The normalized spacial score (nSPS) is 16.9. The van der Waals surface area contributed by atoms with Crippen LogP contribution in [-0.2, 0) is 9.59 Å². The van der Waals surface area contributed by atoms with Crippen molar-refractivity contribution in [3.8, 4) is 11.5 Å². The Hall–Kier alpha value is -4.66. The minimum absolute atomic E-state index is 0.0360. The van der Waals surface area contributed by atoms with Crippen molar-refractivity contribution in [3.63, 3.8) is 0 Å². The Morgan fingerprint density at radius 3 is 2.06 bits per heavy atom. The molecule has 1 heterocycles. The zero-order valence-corrected chi connectivity index (χ0v) is 19.9. The molecule has 0 bridgehead atoms. The molecule has 0 radical (unpaired) electrons. The van der Waals surface area contributed by atoms with Crippen LogP contribution in [0, 0.1) is 10.1 Å². The number of nitrogens with zero attached hydrogens (tertiary/aromatic N) is 2. The molecule has 4 rings (SSSR count). The average molecular weight is 488 g/mol. The molecule has 0 aliphatic carbocycles. The van der Waals surface area contributed by atoms with E-state index in [4.69, 9.17) is 9.47 Å². The number of ether oxygens (including phenoxy) is 2. The Kier molecular flexibility index (Phi) is 6.73. The Balaban J connectivity index is 1.85. The fourth-order valence-electron chi connectivity index (χ4n) is 4.05. The molecular weight excluding hydrogens is 464 g/mol. The molecule has 0 saturated carbocycles. The SMILES string of the molecule is COc1ccc(C2/C(=C(/O)c3ccc([N+](=O)[O-])cc3)C(=O)C(=O)N2c2ccc(OC(C)C)cc2)cc1. The standard InChI is InChI=1S/C27H24N2O7/c1-16(2)36-22-14-10-19(11-15-22)28-24(17-6-12-21(35-3)13-7-17)23(26(31)27(28)32)25(30)18-4-8-20(9-5-18)29(33)34/h4-16,24,30H,1-3H3/b25-23-. The highest BCUT2D eigenvalue weighted by Gasteiger charge is 2.47. The molecular formula is C27H24N2O7. The number of Topliss-reactive ketones (excluding diaryl/α,β-unsaturated/α-hetero) is 1. The third kappa shape index (κ3) is 4.63. The van der Waals surface area contributed by atoms with Crippen molar-refractivity contribution in [1.82, 2.24) is 0 Å². The zero-order valence-electron chi connectivity index (χ0n) is 19.9. The lowest BCUT2D eigenvalue weighted by Crippen LogP contribution is -2.29. The molecule has 3 aromatic rings. The summed E-state index contributed by atoms with van der Waals surface area (Å²) in [6.07, 6.45) is -0.0360. The van der Waals surface area contributed by atoms with E-state index in [1.807, 2.05) is 13.8 Å². The molecule has 1 aliphatic rings. The number of amides is 1. The van der Waals surface area contributed by atoms with Crippen LogP contribution in [0.2, 0.25) is 0 Å². The van der Waals surface area contributed by atoms with E-state index in [9.17, 15) is 24.8 Å². The van der Waals surface area contributed by atoms with Gasteiger partial charge in [0.2, 0.25) is 0 Å². The van der Waals surface area contributed by atoms with Crippen molar-refractivity contribution in [2.24, 2.45) is 0 Å². The Labute approximate surface area is 207 Å². The third-order valence-corrected chi connectivity index (χ3v) is 5.71. The summed E-state index contributed by atoms with van der Waals surface area (Å²) in [5.74, 6) is -0.907. The highest BCUT2D eigenvalue weighted by atomic mass is 16.6. The Bertz CT molecular complexity index is 1330. The van der Waals surface area contributed by atoms with E-state index in [1.54, 1.807) is 48.5 Å². The number of rotatable bonds is 7. The first-order valence-corrected chi connectivity index (χ1v) is 11.2. The van der Waals surface area contributed by atoms with Crippen molar-refractivity contribution in [1.29, 1.82) is 0 Å². The van der Waals surface area contributed by atoms with E-state index in [0.29, 0.717) is 22.7 Å². The van der Waals surface area contributed by atoms with Gasteiger partial charge in [-0.15, -0.1) is 0 Å². The van der Waals surface area contributed by atoms with Gasteiger partial charge in [0.05, 0.1) is 29.8 Å². The Morgan fingerprint density at radius 2 is 1.53 bits per heavy atom. The molecule has 1 unspecified atom stereocenters. The first-order valence-electron chi connectivity index (χ1n) is 11.2. The van der Waals surface area contributed by atoms with Gasteiger partial charge in [-0.1, -0.05) is 12.1 Å². The number of aliphatic hydroxyl groups excluding tert-OH is 1. The highest BCUT2D eigenvalue weighted by molar-refractivity contribution is 6.51. The molecule has 9 heteroatoms. The van der Waals surface area contributed by atoms with E-state index in [1.165, 1.54) is 36.3 Å². The minimum Gasteiger partial charge on any atom is -0.507 e. The maximum Gasteiger partial charge on any atom is 0.300 e. The zero-order chi connectivity index (χ0) is 26.0. The van der Waals surface area contributed by atoms with Gasteiger partial charge in [-0.2, -0.15) is 0 Å². The molecule has 9 nitrogen and oxygen atoms in total. The fraction of sp³-hybridized carbons (Fsp3) is 0.185. The summed E-state index contributed by atoms with van der Waals surface area (Å²) in [7, 11) is 1.52. The Morgan fingerprint density at radius 1 is 0.944 bits per heavy atom. The number of carbonyl (C=O) groups excluding carboxylic acids is 2. The van der Waals surface area contributed by atoms with Crippen LogP contribution < -0.4 is 14.4 Å². The summed E-state index contributed by atoms with van der Waals surface area (Å²) in [6.45, 7) is 3.79. The smallest absolute Gasteiger partial charge is 0.300 e. The summed E-state index contributed by atoms with van der Waals surface area (Å²) in [4.78, 5) is 38.3. The second-order valence-corrected chi connectivity index (χ2v) is 8.41. The van der Waals surface area contributed by atoms with Gasteiger partial charge in [0, 0.05) is 23.4 Å². The molecule has 0 aromatic heterocycles. The van der Waals surface area contributed by atoms with Gasteiger partial charge in [-0.25, -0.2) is 0 Å². The molecule has 3 aromatic carbocycles. The van der Waals surface area contributed by atoms with E-state index in [0.717, 1.165) is 0 Å². The van der Waals surface area contributed by atoms with E-state index in [-0.39, 0.29) is 22.9 Å². The number of carbonyl (C=O) groups is 2. The lowest BCUT2D eigenvalue weighted by molar-refractivity contribution is -0.384. The van der Waals surface area contributed by atoms with E-state index in [2.05, 4.69) is 0 Å². The lowest BCUT2D eigenvalue weighted by Gasteiger charge is -2.26. The molecule has 36 heavy (non-hydrogen) atoms. The minimum atomic E-state index is -0.942. The number of aliphatic hydroxyl groups is 1. The molecule has 1 saturated heterocycles. The summed E-state index contributed by atoms with van der Waals surface area (Å²) in [5.41, 5.74) is 0.902. The third-order valence-electron chi connectivity index (χ3n) is 5.71. The van der Waals surface area contributed by atoms with Crippen LogP contribution in [0.5, 0.6) is 11.5 Å². The number of nitro groups is 1. The number of benzene rings is 3. The van der Waals surface area contributed by atoms with Gasteiger partial charge in [-0.05, 0) is 67.9 Å². The summed E-state index contributed by atoms with van der Waals surface area (Å²) >= 11 is 0. The van der Waals surface area contributed by atoms with Gasteiger partial charge in [0.15, 0.2) is 0 Å². The van der Waals surface area contributed by atoms with Crippen LogP contribution in [0.25, 0.3) is 5.76 Å². The molecule has 1 aliphatic heterocycles. The summed E-state index contributed by atoms with van der Waals surface area (Å²) in [5, 5.41) is 22.2. The van der Waals surface area contributed by atoms with Gasteiger partial charge >= 0.3 is 0 Å². The quantitative estimate of drug-likeness (QED) is 0.163. The van der Waals surface area contributed by atoms with Gasteiger partial charge in [0.25, 0.3) is 17.4 Å². The van der Waals surface area contributed by atoms with Crippen molar-refractivity contribution in [2.45, 2.75) is 26.0 Å². The second kappa shape index (κ2) is 9.91. The molecule has 184 valence electrons. The first kappa shape index (κ1) is 24.5. The molecule has 1 atom stereocenters. The molecule has 1 fully saturated rings. The van der Waals surface area contributed by atoms with Crippen LogP contribution in [0.4, 0.5) is 11.4 Å². The molecule has 1 amide bonds. The summed E-state index contributed by atoms with van der Waals surface area (Å²) < 4.78 is 10.9. The first-order chi connectivity index (χ1) is 17.2. The predicted molar refractivity (Wildman–Crippen MR) is 133 cm³/mol. The maximum absolute atomic E-state index is 13.3. The van der Waals surface area contributed by atoms with Crippen molar-refractivity contribution in [2.75, 3.05) is 12.0 Å². The number of ketones is 1. The van der Waals surface area contributed by atoms with Crippen LogP contribution in [-0.4, -0.2) is 34.9 Å². The number of nitro benzene ring substituents is 1. The number of non-ortho nitro benzene ring substituents is 1. The number of anilines is 1. The second-order valence-electron chi connectivity index (χ2n) is 8.41. The van der Waals surface area contributed by atoms with Gasteiger partial charge in [-0.3, -0.25) is 24.6 Å². The van der Waals surface area contributed by atoms with Crippen molar-refractivity contribution < 1.29 is 29.1 Å². The molecule has 1 N–H and O–H groups in total. The largest absolute Gasteiger partial charge is 0.507 e. The summed E-state index contributed by atoms with van der Waals surface area (Å²) in [6, 6.07) is 17.7. The highest BCUT2D eigenvalue weighted by Crippen LogP contribution is 2.43. The van der Waals surface area contributed by atoms with Crippen LogP contribution in [0.3, 0.4) is 0 Å². The molecule has 0 spiro atoms. The van der Waals surface area contributed by atoms with Crippen LogP contribution >= 0.6 is 0 Å². The van der Waals surface area contributed by atoms with E-state index < -0.39 is 28.4 Å². The van der Waals surface area contributed by atoms with E-state index >= 15 is 0 Å². The monoisotopic (exact) mass is 488 g/mol. The van der Waals surface area contributed by atoms with Crippen LogP contribution in [0.1, 0.15) is 31.0 Å². The van der Waals surface area contributed by atoms with Crippen molar-refractivity contribution >= 4 is 28.8 Å². The van der Waals surface area contributed by atoms with Crippen LogP contribution in [0.15, 0.2) is 78.4 Å². The maximum atomic E-state index is 13.3. The number of hydrogen-bond acceptors (Lipinski definition) is 7. The predicted octanol–water partition coefficient (Wildman–Crippen LogP) is 5.02. The topological polar surface area (TPSA) is 119 Å². The number of hydrogen-bond donors (Lipinski definition) is 1. The fourth-order valence-corrected chi connectivity index (χ4v) is 4.05. The number of methoxy groups -OCH3 is 1. The lowest BCUT2D eigenvalue weighted by atomic mass is 9.95. The average Bonchev–Trinajstić information content (AvgIpc) is 3.14.